The first-order valence-corrected chi connectivity index (χ1v) is 6.60. The highest BCUT2D eigenvalue weighted by Crippen LogP contribution is 2.30. The van der Waals surface area contributed by atoms with Gasteiger partial charge in [-0.1, -0.05) is 11.6 Å². The van der Waals surface area contributed by atoms with E-state index in [0.29, 0.717) is 10.8 Å². The fourth-order valence-corrected chi connectivity index (χ4v) is 2.25. The van der Waals surface area contributed by atoms with Gasteiger partial charge in [0.15, 0.2) is 0 Å². The summed E-state index contributed by atoms with van der Waals surface area (Å²) in [4.78, 5) is 2.26. The van der Waals surface area contributed by atoms with Crippen molar-refractivity contribution in [2.75, 3.05) is 37.7 Å². The van der Waals surface area contributed by atoms with Crippen LogP contribution in [0.2, 0.25) is 5.02 Å². The second-order valence-corrected chi connectivity index (χ2v) is 4.92. The largest absolute Gasteiger partial charge is 0.491 e. The summed E-state index contributed by atoms with van der Waals surface area (Å²) >= 11 is 6.27. The third-order valence-electron chi connectivity index (χ3n) is 2.87. The molecule has 5 heteroatoms. The van der Waals surface area contributed by atoms with Gasteiger partial charge in [0.25, 0.3) is 0 Å². The van der Waals surface area contributed by atoms with Gasteiger partial charge in [0.05, 0.1) is 16.8 Å². The lowest BCUT2D eigenvalue weighted by molar-refractivity contribution is 0.123. The van der Waals surface area contributed by atoms with Crippen molar-refractivity contribution in [1.29, 1.82) is 0 Å². The summed E-state index contributed by atoms with van der Waals surface area (Å²) in [6, 6.07) is 5.68. The Bertz CT molecular complexity index is 393. The fraction of sp³-hybridized carbons (Fsp3) is 0.538. The van der Waals surface area contributed by atoms with Crippen molar-refractivity contribution in [3.63, 3.8) is 0 Å². The first kappa shape index (κ1) is 13.5. The molecule has 1 aromatic carbocycles. The highest BCUT2D eigenvalue weighted by molar-refractivity contribution is 6.33. The molecule has 0 aliphatic carbocycles. The van der Waals surface area contributed by atoms with Gasteiger partial charge >= 0.3 is 0 Å². The number of nitrogens with one attached hydrogen (secondary N) is 1. The molecule has 0 saturated carbocycles. The Morgan fingerprint density at radius 1 is 1.44 bits per heavy atom. The standard InChI is InChI=1S/C13H19ClN2O2/c1-10(17)9-18-11-2-3-13(12(14)8-11)16-6-4-15-5-7-16/h2-3,8,10,15,17H,4-7,9H2,1H3. The number of hydrogen-bond donors (Lipinski definition) is 2. The number of aliphatic hydroxyl groups excluding tert-OH is 1. The minimum Gasteiger partial charge on any atom is -0.491 e. The van der Waals surface area contributed by atoms with Crippen molar-refractivity contribution in [2.45, 2.75) is 13.0 Å². The average Bonchev–Trinajstić information content (AvgIpc) is 2.37. The molecule has 1 aromatic rings. The van der Waals surface area contributed by atoms with Crippen LogP contribution in [0.15, 0.2) is 18.2 Å². The van der Waals surface area contributed by atoms with E-state index >= 15 is 0 Å². The normalized spacial score (nSPS) is 17.6. The molecule has 4 nitrogen and oxygen atoms in total. The number of aliphatic hydroxyl groups is 1. The molecule has 0 radical (unpaired) electrons. The van der Waals surface area contributed by atoms with Gasteiger partial charge in [-0.2, -0.15) is 0 Å². The highest BCUT2D eigenvalue weighted by atomic mass is 35.5. The Morgan fingerprint density at radius 2 is 2.17 bits per heavy atom. The average molecular weight is 271 g/mol. The second-order valence-electron chi connectivity index (χ2n) is 4.51. The number of nitrogens with zero attached hydrogens (tertiary/aromatic N) is 1. The molecule has 2 N–H and O–H groups in total. The topological polar surface area (TPSA) is 44.7 Å². The molecular weight excluding hydrogens is 252 g/mol. The van der Waals surface area contributed by atoms with Crippen LogP contribution in [-0.4, -0.2) is 44.0 Å². The van der Waals surface area contributed by atoms with Gasteiger partial charge in [-0.25, -0.2) is 0 Å². The Morgan fingerprint density at radius 3 is 2.78 bits per heavy atom. The van der Waals surface area contributed by atoms with Gasteiger partial charge in [-0.15, -0.1) is 0 Å². The molecule has 1 unspecified atom stereocenters. The van der Waals surface area contributed by atoms with E-state index in [9.17, 15) is 0 Å². The van der Waals surface area contributed by atoms with Crippen molar-refractivity contribution >= 4 is 17.3 Å². The lowest BCUT2D eigenvalue weighted by Crippen LogP contribution is -2.43. The smallest absolute Gasteiger partial charge is 0.121 e. The van der Waals surface area contributed by atoms with Crippen LogP contribution >= 0.6 is 11.6 Å². The molecule has 0 bridgehead atoms. The van der Waals surface area contributed by atoms with Gasteiger partial charge in [0, 0.05) is 32.2 Å². The molecule has 100 valence electrons. The zero-order chi connectivity index (χ0) is 13.0. The summed E-state index contributed by atoms with van der Waals surface area (Å²) < 4.78 is 5.43. The molecule has 0 spiro atoms. The van der Waals surface area contributed by atoms with Gasteiger partial charge in [0.2, 0.25) is 0 Å². The summed E-state index contributed by atoms with van der Waals surface area (Å²) in [5.41, 5.74) is 1.04. The summed E-state index contributed by atoms with van der Waals surface area (Å²) in [6.07, 6.45) is -0.475. The predicted octanol–water partition coefficient (Wildman–Crippen LogP) is 1.51. The second kappa shape index (κ2) is 6.27. The monoisotopic (exact) mass is 270 g/mol. The van der Waals surface area contributed by atoms with Crippen LogP contribution in [0.4, 0.5) is 5.69 Å². The lowest BCUT2D eigenvalue weighted by Gasteiger charge is -2.30. The van der Waals surface area contributed by atoms with Crippen LogP contribution in [0.1, 0.15) is 6.92 Å². The summed E-state index contributed by atoms with van der Waals surface area (Å²) in [5.74, 6) is 0.694. The number of anilines is 1. The van der Waals surface area contributed by atoms with Crippen molar-refractivity contribution in [1.82, 2.24) is 5.32 Å². The summed E-state index contributed by atoms with van der Waals surface area (Å²) in [6.45, 7) is 5.87. The van der Waals surface area contributed by atoms with Crippen molar-refractivity contribution in [3.8, 4) is 5.75 Å². The number of hydrogen-bond acceptors (Lipinski definition) is 4. The summed E-state index contributed by atoms with van der Waals surface area (Å²) in [5, 5.41) is 13.2. The molecule has 1 fully saturated rings. The van der Waals surface area contributed by atoms with Crippen LogP contribution in [0, 0.1) is 0 Å². The van der Waals surface area contributed by atoms with E-state index in [1.54, 1.807) is 13.0 Å². The van der Waals surface area contributed by atoms with E-state index in [2.05, 4.69) is 10.2 Å². The molecule has 1 aliphatic rings. The van der Waals surface area contributed by atoms with Crippen LogP contribution in [0.5, 0.6) is 5.75 Å². The van der Waals surface area contributed by atoms with Crippen molar-refractivity contribution in [3.05, 3.63) is 23.2 Å². The number of ether oxygens (including phenoxy) is 1. The Kier molecular flexibility index (Phi) is 4.69. The van der Waals surface area contributed by atoms with Crippen molar-refractivity contribution < 1.29 is 9.84 Å². The lowest BCUT2D eigenvalue weighted by atomic mass is 10.2. The van der Waals surface area contributed by atoms with Crippen LogP contribution in [-0.2, 0) is 0 Å². The van der Waals surface area contributed by atoms with Crippen molar-refractivity contribution in [2.24, 2.45) is 0 Å². The molecule has 0 aromatic heterocycles. The molecule has 1 saturated heterocycles. The quantitative estimate of drug-likeness (QED) is 0.871. The molecule has 18 heavy (non-hydrogen) atoms. The van der Waals surface area contributed by atoms with Crippen LogP contribution in [0.25, 0.3) is 0 Å². The number of halogens is 1. The first-order chi connectivity index (χ1) is 8.66. The Hall–Kier alpha value is -0.970. The zero-order valence-electron chi connectivity index (χ0n) is 10.5. The van der Waals surface area contributed by atoms with E-state index in [1.165, 1.54) is 0 Å². The molecule has 2 rings (SSSR count). The molecular formula is C13H19ClN2O2. The van der Waals surface area contributed by atoms with E-state index < -0.39 is 6.10 Å². The maximum absolute atomic E-state index is 9.17. The van der Waals surface area contributed by atoms with E-state index in [0.717, 1.165) is 31.9 Å². The Labute approximate surface area is 113 Å². The minimum atomic E-state index is -0.475. The fourth-order valence-electron chi connectivity index (χ4n) is 1.96. The molecule has 1 heterocycles. The number of rotatable bonds is 4. The number of piperazine rings is 1. The van der Waals surface area contributed by atoms with Gasteiger partial charge in [-0.3, -0.25) is 0 Å². The third-order valence-corrected chi connectivity index (χ3v) is 3.17. The van der Waals surface area contributed by atoms with Gasteiger partial charge in [-0.05, 0) is 19.1 Å². The molecule has 1 aliphatic heterocycles. The first-order valence-electron chi connectivity index (χ1n) is 6.23. The SMILES string of the molecule is CC(O)COc1ccc(N2CCNCC2)c(Cl)c1. The maximum atomic E-state index is 9.17. The summed E-state index contributed by atoms with van der Waals surface area (Å²) in [7, 11) is 0. The number of benzene rings is 1. The molecule has 1 atom stereocenters. The molecule has 0 amide bonds. The van der Waals surface area contributed by atoms with E-state index in [1.807, 2.05) is 12.1 Å². The van der Waals surface area contributed by atoms with E-state index in [4.69, 9.17) is 21.4 Å². The van der Waals surface area contributed by atoms with Gasteiger partial charge < -0.3 is 20.1 Å². The van der Waals surface area contributed by atoms with Crippen LogP contribution in [0.3, 0.4) is 0 Å². The maximum Gasteiger partial charge on any atom is 0.121 e. The Balaban J connectivity index is 2.04. The third kappa shape index (κ3) is 3.51. The van der Waals surface area contributed by atoms with Gasteiger partial charge in [0.1, 0.15) is 12.4 Å². The van der Waals surface area contributed by atoms with E-state index in [-0.39, 0.29) is 6.61 Å². The minimum absolute atomic E-state index is 0.281. The predicted molar refractivity (Wildman–Crippen MR) is 73.7 cm³/mol. The zero-order valence-corrected chi connectivity index (χ0v) is 11.3. The van der Waals surface area contributed by atoms with Crippen LogP contribution < -0.4 is 15.0 Å². The highest BCUT2D eigenvalue weighted by Gasteiger charge is 2.14.